The summed E-state index contributed by atoms with van der Waals surface area (Å²) in [4.78, 5) is 102. The first-order chi connectivity index (χ1) is 42.1. The van der Waals surface area contributed by atoms with E-state index in [0.717, 1.165) is 12.8 Å². The van der Waals surface area contributed by atoms with Crippen molar-refractivity contribution in [2.75, 3.05) is 116 Å². The number of aliphatic imine (C=N–C) groups is 1. The molecule has 24 nitrogen and oxygen atoms in total. The molecule has 0 aliphatic carbocycles. The van der Waals surface area contributed by atoms with Gasteiger partial charge in [-0.05, 0) is 106 Å². The average molecular weight is 1220 g/mol. The van der Waals surface area contributed by atoms with E-state index in [1.165, 1.54) is 70.0 Å². The first-order valence-corrected chi connectivity index (χ1v) is 30.7. The summed E-state index contributed by atoms with van der Waals surface area (Å²) in [6.07, 6.45) is 5.59. The maximum atomic E-state index is 14.7. The summed E-state index contributed by atoms with van der Waals surface area (Å²) >= 11 is 1.46. The molecule has 2 bridgehead atoms. The number of Topliss-reactive ketones (excluding diaryl/α,β-unsaturated/α-hetero) is 1. The van der Waals surface area contributed by atoms with Crippen molar-refractivity contribution in [3.05, 3.63) is 88.4 Å². The van der Waals surface area contributed by atoms with Crippen LogP contribution in [0.4, 0.5) is 20.4 Å². The largest absolute Gasteiger partial charge is 0.381 e. The van der Waals surface area contributed by atoms with Gasteiger partial charge in [-0.2, -0.15) is 10.4 Å². The number of nitrogens with two attached hydrogens (primary N) is 1. The molecule has 5 atom stereocenters. The maximum Gasteiger partial charge on any atom is 0.254 e. The van der Waals surface area contributed by atoms with Crippen molar-refractivity contribution in [2.45, 2.75) is 102 Å². The molecule has 0 radical (unpaired) electrons. The van der Waals surface area contributed by atoms with Gasteiger partial charge in [0.2, 0.25) is 23.6 Å². The Balaban J connectivity index is 0.633. The van der Waals surface area contributed by atoms with E-state index in [-0.39, 0.29) is 130 Å². The molecule has 4 aromatic rings. The molecule has 2 aromatic carbocycles. The predicted octanol–water partition coefficient (Wildman–Crippen LogP) is 3.68. The molecule has 2 aromatic heterocycles. The SMILES string of the molecule is CN[C@H](C)C(=O)N[C@@H](C(=O)N1CCC[C@@H]1C1=NC(C(=O)c2ccc(F)cc2)CS1)C1CCN(C(=O)CCOCCOCCOCCOCCC(=O)NCCn2nc3c(c2C#N)-c2cnc(N)c(n2)N2CCC[C@@H]2c2cc(F)ccc2C(=O)N(C)C3)CC1. The predicted molar refractivity (Wildman–Crippen MR) is 318 cm³/mol. The van der Waals surface area contributed by atoms with Gasteiger partial charge in [-0.15, -0.1) is 11.8 Å². The minimum Gasteiger partial charge on any atom is -0.381 e. The lowest BCUT2D eigenvalue weighted by Crippen LogP contribution is -2.58. The molecular weight excluding hydrogens is 1150 g/mol. The first-order valence-electron chi connectivity index (χ1n) is 29.7. The number of likely N-dealkylation sites (tertiary alicyclic amines) is 2. The quantitative estimate of drug-likeness (QED) is 0.0515. The number of nitrogens with zero attached hydrogens (tertiary/aromatic N) is 10. The zero-order valence-electron chi connectivity index (χ0n) is 49.3. The number of piperidine rings is 1. The minimum absolute atomic E-state index is 0.00188. The van der Waals surface area contributed by atoms with Crippen LogP contribution in [0.3, 0.4) is 0 Å². The molecule has 5 aliphatic rings. The van der Waals surface area contributed by atoms with Crippen LogP contribution < -0.4 is 26.6 Å². The number of fused-ring (bicyclic) bond motifs is 8. The number of benzene rings is 2. The van der Waals surface area contributed by atoms with E-state index >= 15 is 0 Å². The highest BCUT2D eigenvalue weighted by molar-refractivity contribution is 8.14. The Morgan fingerprint density at radius 1 is 0.862 bits per heavy atom. The number of nitrogen functional groups attached to an aromatic ring is 1. The number of nitrogens with one attached hydrogen (secondary N) is 3. The average Bonchev–Trinajstić information content (AvgIpc) is 2.01. The lowest BCUT2D eigenvalue weighted by atomic mass is 9.88. The number of ketones is 1. The van der Waals surface area contributed by atoms with Gasteiger partial charge in [-0.25, -0.2) is 18.7 Å². The molecule has 0 spiro atoms. The van der Waals surface area contributed by atoms with Crippen molar-refractivity contribution >= 4 is 63.8 Å². The molecule has 3 fully saturated rings. The van der Waals surface area contributed by atoms with E-state index < -0.39 is 29.8 Å². The van der Waals surface area contributed by atoms with E-state index in [2.05, 4.69) is 27.0 Å². The van der Waals surface area contributed by atoms with Gasteiger partial charge in [-0.3, -0.25) is 38.4 Å². The van der Waals surface area contributed by atoms with Crippen LogP contribution in [0, 0.1) is 28.9 Å². The van der Waals surface area contributed by atoms with E-state index in [4.69, 9.17) is 39.8 Å². The van der Waals surface area contributed by atoms with Crippen LogP contribution in [0.25, 0.3) is 11.3 Å². The van der Waals surface area contributed by atoms with E-state index in [0.29, 0.717) is 122 Å². The summed E-state index contributed by atoms with van der Waals surface area (Å²) in [5.41, 5.74) is 8.94. The molecule has 3 saturated heterocycles. The van der Waals surface area contributed by atoms with Crippen molar-refractivity contribution in [2.24, 2.45) is 10.9 Å². The maximum absolute atomic E-state index is 14.7. The smallest absolute Gasteiger partial charge is 0.254 e. The molecule has 0 saturated carbocycles. The number of anilines is 2. The molecule has 5 N–H and O–H groups in total. The fraction of sp³-hybridized carbons (Fsp3) is 0.550. The summed E-state index contributed by atoms with van der Waals surface area (Å²) in [5.74, 6) is -1.50. The fourth-order valence-corrected chi connectivity index (χ4v) is 12.8. The number of rotatable bonds is 26. The monoisotopic (exact) mass is 1220 g/mol. The summed E-state index contributed by atoms with van der Waals surface area (Å²) in [5, 5.41) is 24.7. The number of halogens is 2. The second-order valence-corrected chi connectivity index (χ2v) is 23.1. The third-order valence-corrected chi connectivity index (χ3v) is 17.6. The Hall–Kier alpha value is -7.48. The van der Waals surface area contributed by atoms with Gasteiger partial charge >= 0.3 is 0 Å². The topological polar surface area (TPSA) is 294 Å². The fourth-order valence-electron chi connectivity index (χ4n) is 11.6. The lowest BCUT2D eigenvalue weighted by Gasteiger charge is -2.38. The molecule has 7 heterocycles. The normalized spacial score (nSPS) is 19.3. The van der Waals surface area contributed by atoms with Gasteiger partial charge in [0.25, 0.3) is 5.91 Å². The van der Waals surface area contributed by atoms with Crippen LogP contribution in [-0.2, 0) is 51.2 Å². The first kappa shape index (κ1) is 64.0. The van der Waals surface area contributed by atoms with Gasteiger partial charge < -0.3 is 60.2 Å². The third-order valence-electron chi connectivity index (χ3n) is 16.4. The number of amides is 5. The van der Waals surface area contributed by atoms with Crippen molar-refractivity contribution in [1.82, 2.24) is 50.4 Å². The second-order valence-electron chi connectivity index (χ2n) is 22.1. The molecule has 5 aliphatic heterocycles. The van der Waals surface area contributed by atoms with Crippen LogP contribution in [0.15, 0.2) is 53.7 Å². The van der Waals surface area contributed by atoms with Gasteiger partial charge in [0, 0.05) is 63.1 Å². The Morgan fingerprint density at radius 2 is 1.53 bits per heavy atom. The number of likely N-dealkylation sites (N-methyl/N-ethyl adjacent to an activating group) is 1. The van der Waals surface area contributed by atoms with Crippen molar-refractivity contribution < 1.29 is 56.5 Å². The molecular formula is C60H76F2N14O10S. The highest BCUT2D eigenvalue weighted by Crippen LogP contribution is 2.41. The van der Waals surface area contributed by atoms with Gasteiger partial charge in [0.1, 0.15) is 35.5 Å². The highest BCUT2D eigenvalue weighted by Gasteiger charge is 2.43. The Morgan fingerprint density at radius 3 is 2.23 bits per heavy atom. The number of hydrogen-bond donors (Lipinski definition) is 4. The van der Waals surface area contributed by atoms with Crippen LogP contribution in [-0.4, -0.2) is 204 Å². The second kappa shape index (κ2) is 30.4. The highest BCUT2D eigenvalue weighted by atomic mass is 32.2. The van der Waals surface area contributed by atoms with Gasteiger partial charge in [0.05, 0.1) is 119 Å². The number of ether oxygens (including phenoxy) is 4. The van der Waals surface area contributed by atoms with E-state index in [1.807, 2.05) is 4.90 Å². The molecule has 466 valence electrons. The van der Waals surface area contributed by atoms with Crippen molar-refractivity contribution in [3.8, 4) is 17.3 Å². The summed E-state index contributed by atoms with van der Waals surface area (Å²) < 4.78 is 52.2. The van der Waals surface area contributed by atoms with Crippen molar-refractivity contribution in [1.29, 1.82) is 5.26 Å². The zero-order chi connectivity index (χ0) is 61.6. The molecule has 9 rings (SSSR count). The zero-order valence-corrected chi connectivity index (χ0v) is 50.2. The molecule has 5 amide bonds. The number of thioether (sulfide) groups is 1. The number of nitriles is 1. The van der Waals surface area contributed by atoms with E-state index in [1.54, 1.807) is 30.8 Å². The molecule has 87 heavy (non-hydrogen) atoms. The Labute approximate surface area is 508 Å². The third kappa shape index (κ3) is 15.8. The summed E-state index contributed by atoms with van der Waals surface area (Å²) in [6, 6.07) is 9.12. The van der Waals surface area contributed by atoms with Crippen LogP contribution >= 0.6 is 11.8 Å². The standard InChI is InChI=1S/C60H76F2N14O10S/c1-37(65-2)57(80)70-53(60(82)75-20-5-7-48(75)58-69-46(36-87-58)54(79)39-8-10-40(61)11-9-39)38-14-21-73(22-15-38)51(78)17-25-84-27-29-86-31-30-85-28-26-83-24-16-50(77)66-18-23-76-49(33-63)52-44-34-67-55(64)56(68-44)74-19-4-6-47(74)43-32-41(62)12-13-42(43)59(81)72(3)35-45(52)71-76/h8-13,32,34,37-38,46-48,53,65H,4-7,14-31,35-36H2,1-3H3,(H2,64,67)(H,66,77)(H,70,80)/t37-,46?,47-,48-,53-/m1/s1. The Kier molecular flexibility index (Phi) is 22.4. The molecule has 27 heteroatoms. The summed E-state index contributed by atoms with van der Waals surface area (Å²) in [7, 11) is 3.30. The number of hydrogen-bond acceptors (Lipinski definition) is 19. The van der Waals surface area contributed by atoms with Crippen LogP contribution in [0.1, 0.15) is 102 Å². The summed E-state index contributed by atoms with van der Waals surface area (Å²) in [6.45, 7) is 6.02. The van der Waals surface area contributed by atoms with E-state index in [9.17, 15) is 42.8 Å². The lowest BCUT2D eigenvalue weighted by molar-refractivity contribution is -0.140. The van der Waals surface area contributed by atoms with Gasteiger partial charge in [-0.1, -0.05) is 0 Å². The minimum atomic E-state index is -0.809. The number of aromatic nitrogens is 4. The number of carbonyl (C=O) groups excluding carboxylic acids is 6. The molecule has 1 unspecified atom stereocenters. The van der Waals surface area contributed by atoms with Crippen LogP contribution in [0.2, 0.25) is 0 Å². The Bertz CT molecular complexity index is 3190. The van der Waals surface area contributed by atoms with Gasteiger partial charge in [0.15, 0.2) is 17.4 Å². The van der Waals surface area contributed by atoms with Crippen molar-refractivity contribution in [3.63, 3.8) is 0 Å². The number of carbonyl (C=O) groups is 6. The van der Waals surface area contributed by atoms with Crippen LogP contribution in [0.5, 0.6) is 0 Å².